The van der Waals surface area contributed by atoms with Crippen LogP contribution in [0.3, 0.4) is 0 Å². The van der Waals surface area contributed by atoms with Gasteiger partial charge in [0.25, 0.3) is 0 Å². The average Bonchev–Trinajstić information content (AvgIpc) is 2.60. The fraction of sp³-hybridized carbons (Fsp3) is 0.368. The molecule has 1 N–H and O–H groups in total. The van der Waals surface area contributed by atoms with Crippen LogP contribution in [0.5, 0.6) is 11.5 Å². The van der Waals surface area contributed by atoms with Crippen LogP contribution in [0.4, 0.5) is 0 Å². The Kier molecular flexibility index (Phi) is 5.76. The van der Waals surface area contributed by atoms with E-state index in [1.54, 1.807) is 13.2 Å². The predicted molar refractivity (Wildman–Crippen MR) is 99.4 cm³/mol. The highest BCUT2D eigenvalue weighted by atomic mass is 79.9. The van der Waals surface area contributed by atoms with E-state index < -0.39 is 0 Å². The van der Waals surface area contributed by atoms with Crippen LogP contribution in [-0.4, -0.2) is 48.2 Å². The van der Waals surface area contributed by atoms with Crippen LogP contribution in [-0.2, 0) is 13.1 Å². The van der Waals surface area contributed by atoms with Crippen molar-refractivity contribution in [3.05, 3.63) is 58.1 Å². The quantitative estimate of drug-likeness (QED) is 0.847. The summed E-state index contributed by atoms with van der Waals surface area (Å²) in [4.78, 5) is 4.86. The van der Waals surface area contributed by atoms with Gasteiger partial charge in [-0.25, -0.2) is 0 Å². The molecule has 0 aliphatic carbocycles. The highest BCUT2D eigenvalue weighted by Crippen LogP contribution is 2.24. The summed E-state index contributed by atoms with van der Waals surface area (Å²) in [7, 11) is 1.70. The van der Waals surface area contributed by atoms with Gasteiger partial charge in [0.1, 0.15) is 11.5 Å². The van der Waals surface area contributed by atoms with Crippen molar-refractivity contribution < 1.29 is 9.84 Å². The maximum absolute atomic E-state index is 9.99. The largest absolute Gasteiger partial charge is 0.508 e. The number of methoxy groups -OCH3 is 1. The molecule has 1 aliphatic rings. The van der Waals surface area contributed by atoms with Crippen LogP contribution < -0.4 is 4.74 Å². The third-order valence-corrected chi connectivity index (χ3v) is 4.93. The molecule has 1 saturated heterocycles. The second-order valence-electron chi connectivity index (χ2n) is 6.18. The van der Waals surface area contributed by atoms with Crippen LogP contribution in [0.2, 0.25) is 0 Å². The highest BCUT2D eigenvalue weighted by molar-refractivity contribution is 9.10. The van der Waals surface area contributed by atoms with E-state index in [1.807, 2.05) is 24.3 Å². The van der Waals surface area contributed by atoms with E-state index in [-0.39, 0.29) is 0 Å². The number of rotatable bonds is 5. The summed E-state index contributed by atoms with van der Waals surface area (Å²) in [6.45, 7) is 5.83. The monoisotopic (exact) mass is 390 g/mol. The van der Waals surface area contributed by atoms with Crippen molar-refractivity contribution in [3.63, 3.8) is 0 Å². The minimum Gasteiger partial charge on any atom is -0.508 e. The first-order valence-corrected chi connectivity index (χ1v) is 8.98. The van der Waals surface area contributed by atoms with Gasteiger partial charge >= 0.3 is 0 Å². The zero-order valence-electron chi connectivity index (χ0n) is 13.9. The van der Waals surface area contributed by atoms with Gasteiger partial charge in [0, 0.05) is 49.3 Å². The summed E-state index contributed by atoms with van der Waals surface area (Å²) < 4.78 is 6.30. The predicted octanol–water partition coefficient (Wildman–Crippen LogP) is 3.48. The molecule has 128 valence electrons. The maximum Gasteiger partial charge on any atom is 0.120 e. The number of halogens is 1. The van der Waals surface area contributed by atoms with Gasteiger partial charge in [-0.2, -0.15) is 0 Å². The summed E-state index contributed by atoms with van der Waals surface area (Å²) in [5, 5.41) is 9.99. The Morgan fingerprint density at radius 1 is 1.00 bits per heavy atom. The molecule has 0 spiro atoms. The number of benzene rings is 2. The molecular weight excluding hydrogens is 368 g/mol. The molecule has 24 heavy (non-hydrogen) atoms. The number of phenolic OH excluding ortho intramolecular Hbond substituents is 1. The van der Waals surface area contributed by atoms with E-state index in [0.29, 0.717) is 5.75 Å². The topological polar surface area (TPSA) is 35.9 Å². The van der Waals surface area contributed by atoms with Gasteiger partial charge in [-0.3, -0.25) is 9.80 Å². The zero-order chi connectivity index (χ0) is 16.9. The normalized spacial score (nSPS) is 16.2. The third kappa shape index (κ3) is 4.50. The van der Waals surface area contributed by atoms with Crippen molar-refractivity contribution in [1.29, 1.82) is 0 Å². The number of phenols is 1. The van der Waals surface area contributed by atoms with E-state index in [9.17, 15) is 5.11 Å². The number of hydrogen-bond acceptors (Lipinski definition) is 4. The molecule has 0 aromatic heterocycles. The minimum atomic E-state index is 0.372. The van der Waals surface area contributed by atoms with Gasteiger partial charge in [0.05, 0.1) is 7.11 Å². The molecule has 0 amide bonds. The molecule has 0 unspecified atom stereocenters. The molecule has 1 heterocycles. The molecule has 0 atom stereocenters. The molecule has 5 heteroatoms. The molecule has 0 radical (unpaired) electrons. The van der Waals surface area contributed by atoms with Crippen molar-refractivity contribution in [3.8, 4) is 11.5 Å². The second kappa shape index (κ2) is 8.01. The Bertz CT molecular complexity index is 685. The van der Waals surface area contributed by atoms with E-state index in [2.05, 4.69) is 37.9 Å². The van der Waals surface area contributed by atoms with Crippen molar-refractivity contribution >= 4 is 15.9 Å². The lowest BCUT2D eigenvalue weighted by molar-refractivity contribution is 0.121. The zero-order valence-corrected chi connectivity index (χ0v) is 15.5. The lowest BCUT2D eigenvalue weighted by Gasteiger charge is -2.34. The summed E-state index contributed by atoms with van der Waals surface area (Å²) in [5.41, 5.74) is 2.26. The summed E-state index contributed by atoms with van der Waals surface area (Å²) in [5.74, 6) is 1.29. The number of ether oxygens (including phenoxy) is 1. The van der Waals surface area contributed by atoms with Crippen molar-refractivity contribution in [2.75, 3.05) is 33.3 Å². The summed E-state index contributed by atoms with van der Waals surface area (Å²) >= 11 is 3.47. The molecule has 0 bridgehead atoms. The lowest BCUT2D eigenvalue weighted by atomic mass is 10.1. The van der Waals surface area contributed by atoms with E-state index >= 15 is 0 Å². The molecule has 4 nitrogen and oxygen atoms in total. The number of hydrogen-bond donors (Lipinski definition) is 1. The maximum atomic E-state index is 9.99. The standard InChI is InChI=1S/C19H23BrN2O2/c1-24-18-4-2-3-15(11-18)13-21-7-9-22(10-8-21)14-16-12-17(20)5-6-19(16)23/h2-6,11-12,23H,7-10,13-14H2,1H3. The summed E-state index contributed by atoms with van der Waals surface area (Å²) in [6.07, 6.45) is 0. The lowest BCUT2D eigenvalue weighted by Crippen LogP contribution is -2.45. The summed E-state index contributed by atoms with van der Waals surface area (Å²) in [6, 6.07) is 13.9. The third-order valence-electron chi connectivity index (χ3n) is 4.44. The van der Waals surface area contributed by atoms with Crippen LogP contribution in [0.25, 0.3) is 0 Å². The van der Waals surface area contributed by atoms with Crippen molar-refractivity contribution in [2.24, 2.45) is 0 Å². The van der Waals surface area contributed by atoms with Gasteiger partial charge in [0.15, 0.2) is 0 Å². The van der Waals surface area contributed by atoms with E-state index in [1.165, 1.54) is 5.56 Å². The Morgan fingerprint density at radius 2 is 1.71 bits per heavy atom. The Labute approximate surface area is 151 Å². The fourth-order valence-corrected chi connectivity index (χ4v) is 3.46. The number of nitrogens with zero attached hydrogens (tertiary/aromatic N) is 2. The molecule has 2 aromatic carbocycles. The second-order valence-corrected chi connectivity index (χ2v) is 7.09. The highest BCUT2D eigenvalue weighted by Gasteiger charge is 2.18. The number of piperazine rings is 1. The molecule has 1 fully saturated rings. The van der Waals surface area contributed by atoms with Gasteiger partial charge in [-0.05, 0) is 35.9 Å². The van der Waals surface area contributed by atoms with Crippen molar-refractivity contribution in [1.82, 2.24) is 9.80 Å². The molecule has 1 aliphatic heterocycles. The smallest absolute Gasteiger partial charge is 0.120 e. The van der Waals surface area contributed by atoms with E-state index in [4.69, 9.17) is 4.74 Å². The molecule has 0 saturated carbocycles. The van der Waals surface area contributed by atoms with Crippen molar-refractivity contribution in [2.45, 2.75) is 13.1 Å². The fourth-order valence-electron chi connectivity index (χ4n) is 3.06. The average molecular weight is 391 g/mol. The molecular formula is C19H23BrN2O2. The van der Waals surface area contributed by atoms with Gasteiger partial charge in [0.2, 0.25) is 0 Å². The SMILES string of the molecule is COc1cccc(CN2CCN(Cc3cc(Br)ccc3O)CC2)c1. The first kappa shape index (κ1) is 17.3. The minimum absolute atomic E-state index is 0.372. The number of aromatic hydroxyl groups is 1. The van der Waals surface area contributed by atoms with Gasteiger partial charge < -0.3 is 9.84 Å². The van der Waals surface area contributed by atoms with Gasteiger partial charge in [-0.1, -0.05) is 28.1 Å². The van der Waals surface area contributed by atoms with E-state index in [0.717, 1.165) is 55.1 Å². The van der Waals surface area contributed by atoms with Gasteiger partial charge in [-0.15, -0.1) is 0 Å². The van der Waals surface area contributed by atoms with Crippen LogP contribution in [0.15, 0.2) is 46.9 Å². The Balaban J connectivity index is 1.53. The van der Waals surface area contributed by atoms with Crippen LogP contribution in [0.1, 0.15) is 11.1 Å². The Morgan fingerprint density at radius 3 is 2.42 bits per heavy atom. The van der Waals surface area contributed by atoms with Crippen LogP contribution >= 0.6 is 15.9 Å². The first-order valence-electron chi connectivity index (χ1n) is 8.19. The first-order chi connectivity index (χ1) is 11.6. The molecule has 3 rings (SSSR count). The van der Waals surface area contributed by atoms with Crippen LogP contribution in [0, 0.1) is 0 Å². The Hall–Kier alpha value is -1.56. The molecule has 2 aromatic rings.